The van der Waals surface area contributed by atoms with Crippen molar-refractivity contribution in [2.75, 3.05) is 51.9 Å². The van der Waals surface area contributed by atoms with E-state index >= 15 is 0 Å². The summed E-state index contributed by atoms with van der Waals surface area (Å²) in [6.45, 7) is 4.86. The topological polar surface area (TPSA) is 59.8 Å². The zero-order valence-electron chi connectivity index (χ0n) is 15.0. The van der Waals surface area contributed by atoms with E-state index in [0.29, 0.717) is 32.1 Å². The van der Waals surface area contributed by atoms with Crippen LogP contribution in [0.2, 0.25) is 0 Å². The zero-order chi connectivity index (χ0) is 18.1. The van der Waals surface area contributed by atoms with Crippen LogP contribution < -0.4 is 4.90 Å². The van der Waals surface area contributed by atoms with E-state index in [-0.39, 0.29) is 5.91 Å². The molecule has 2 aliphatic heterocycles. The average Bonchev–Trinajstić information content (AvgIpc) is 3.03. The number of quaternary nitrogens is 1. The summed E-state index contributed by atoms with van der Waals surface area (Å²) >= 11 is 4.92. The minimum Gasteiger partial charge on any atom is -0.378 e. The minimum absolute atomic E-state index is 0.170. The van der Waals surface area contributed by atoms with Gasteiger partial charge >= 0.3 is 0 Å². The normalized spacial score (nSPS) is 20.4. The number of amides is 1. The van der Waals surface area contributed by atoms with Crippen molar-refractivity contribution in [1.82, 2.24) is 14.9 Å². The number of nitrogens with zero attached hydrogens (tertiary/aromatic N) is 3. The third-order valence-electron chi connectivity index (χ3n) is 4.82. The lowest BCUT2D eigenvalue weighted by Crippen LogP contribution is -3.08. The molecule has 2 aromatic rings. The summed E-state index contributed by atoms with van der Waals surface area (Å²) in [5.41, 5.74) is 1.41. The highest BCUT2D eigenvalue weighted by atomic mass is 32.2. The van der Waals surface area contributed by atoms with E-state index in [4.69, 9.17) is 14.7 Å². The van der Waals surface area contributed by atoms with Crippen LogP contribution in [0.1, 0.15) is 10.4 Å². The lowest BCUT2D eigenvalue weighted by Gasteiger charge is -2.26. The van der Waals surface area contributed by atoms with Crippen molar-refractivity contribution >= 4 is 51.0 Å². The first-order valence-corrected chi connectivity index (χ1v) is 11.8. The number of hydrogen-bond donors (Lipinski definition) is 1. The lowest BCUT2D eigenvalue weighted by molar-refractivity contribution is -0.895. The second-order valence-electron chi connectivity index (χ2n) is 6.62. The van der Waals surface area contributed by atoms with Gasteiger partial charge in [-0.3, -0.25) is 4.79 Å². The number of morpholine rings is 1. The largest absolute Gasteiger partial charge is 0.378 e. The highest BCUT2D eigenvalue weighted by Gasteiger charge is 2.26. The van der Waals surface area contributed by atoms with Gasteiger partial charge in [0, 0.05) is 24.9 Å². The van der Waals surface area contributed by atoms with Crippen LogP contribution in [0.3, 0.4) is 0 Å². The van der Waals surface area contributed by atoms with E-state index in [9.17, 15) is 4.79 Å². The van der Waals surface area contributed by atoms with Gasteiger partial charge in [-0.2, -0.15) is 0 Å². The number of ether oxygens (including phenoxy) is 1. The van der Waals surface area contributed by atoms with Gasteiger partial charge in [0.15, 0.2) is 5.16 Å². The van der Waals surface area contributed by atoms with Crippen molar-refractivity contribution in [1.29, 1.82) is 0 Å². The van der Waals surface area contributed by atoms with E-state index in [1.807, 2.05) is 11.2 Å². The number of carbonyl (C=O) groups is 1. The molecule has 1 unspecified atom stereocenters. The molecule has 1 amide bonds. The van der Waals surface area contributed by atoms with Crippen LogP contribution >= 0.6 is 34.9 Å². The summed E-state index contributed by atoms with van der Waals surface area (Å²) in [6, 6.07) is 0. The molecule has 0 aliphatic carbocycles. The number of hydrogen-bond acceptors (Lipinski definition) is 7. The Kier molecular flexibility index (Phi) is 5.70. The second kappa shape index (κ2) is 8.02. The molecular formula is C17H23N4O2S3+. The maximum absolute atomic E-state index is 12.5. The molecule has 4 heterocycles. The Morgan fingerprint density at radius 3 is 2.92 bits per heavy atom. The number of likely N-dealkylation sites (N-methyl/N-ethyl adjacent to an activating group) is 1. The van der Waals surface area contributed by atoms with Crippen LogP contribution in [-0.2, 0) is 22.5 Å². The summed E-state index contributed by atoms with van der Waals surface area (Å²) < 4.78 is 5.34. The summed E-state index contributed by atoms with van der Waals surface area (Å²) in [5, 5.41) is 2.95. The number of thioether (sulfide) groups is 2. The first kappa shape index (κ1) is 18.5. The van der Waals surface area contributed by atoms with Gasteiger partial charge in [-0.15, -0.1) is 11.3 Å². The second-order valence-corrected chi connectivity index (χ2v) is 9.44. The number of carbonyl (C=O) groups excluding carboxylic acids is 1. The highest BCUT2D eigenvalue weighted by molar-refractivity contribution is 8.00. The maximum Gasteiger partial charge on any atom is 0.233 e. The van der Waals surface area contributed by atoms with Crippen molar-refractivity contribution in [3.63, 3.8) is 0 Å². The van der Waals surface area contributed by atoms with Crippen LogP contribution in [0.15, 0.2) is 10.2 Å². The molecule has 2 aromatic heterocycles. The molecule has 9 heteroatoms. The highest BCUT2D eigenvalue weighted by Crippen LogP contribution is 2.38. The average molecular weight is 412 g/mol. The lowest BCUT2D eigenvalue weighted by atomic mass is 10.1. The molecule has 1 fully saturated rings. The fraction of sp³-hybridized carbons (Fsp3) is 0.588. The third-order valence-corrected chi connectivity index (χ3v) is 7.46. The smallest absolute Gasteiger partial charge is 0.233 e. The monoisotopic (exact) mass is 411 g/mol. The molecule has 0 spiro atoms. The standard InChI is InChI=1S/C17H22N4O2S3/c1-20-4-3-11-12(9-20)26-16-14(11)15(18-17(19-16)24-2)25-10-13(22)21-5-7-23-8-6-21/h3-10H2,1-2H3/p+1. The fourth-order valence-electron chi connectivity index (χ4n) is 3.39. The van der Waals surface area contributed by atoms with Crippen molar-refractivity contribution < 1.29 is 14.4 Å². The molecule has 6 nitrogen and oxygen atoms in total. The molecule has 26 heavy (non-hydrogen) atoms. The predicted molar refractivity (Wildman–Crippen MR) is 106 cm³/mol. The molecule has 0 radical (unpaired) electrons. The number of rotatable bonds is 4. The quantitative estimate of drug-likeness (QED) is 0.459. The van der Waals surface area contributed by atoms with Crippen LogP contribution in [0.25, 0.3) is 10.2 Å². The molecule has 140 valence electrons. The molecule has 1 atom stereocenters. The van der Waals surface area contributed by atoms with Crippen LogP contribution in [0, 0.1) is 0 Å². The zero-order valence-corrected chi connectivity index (χ0v) is 17.5. The molecular weight excluding hydrogens is 388 g/mol. The van der Waals surface area contributed by atoms with Crippen molar-refractivity contribution in [2.24, 2.45) is 0 Å². The summed E-state index contributed by atoms with van der Waals surface area (Å²) in [7, 11) is 2.24. The van der Waals surface area contributed by atoms with Gasteiger partial charge in [0.2, 0.25) is 5.91 Å². The Labute approximate surface area is 165 Å². The SMILES string of the molecule is CSc1nc(SCC(=O)N2CCOCC2)c2c3c(sc2n1)C[NH+](C)CC3. The summed E-state index contributed by atoms with van der Waals surface area (Å²) in [5.74, 6) is 0.597. The molecule has 2 aliphatic rings. The van der Waals surface area contributed by atoms with Crippen LogP contribution in [0.5, 0.6) is 0 Å². The van der Waals surface area contributed by atoms with E-state index in [1.165, 1.54) is 15.8 Å². The number of nitrogens with one attached hydrogen (secondary N) is 1. The Bertz CT molecular complexity index is 820. The van der Waals surface area contributed by atoms with Gasteiger partial charge in [0.25, 0.3) is 0 Å². The van der Waals surface area contributed by atoms with Crippen molar-refractivity contribution in [3.8, 4) is 0 Å². The van der Waals surface area contributed by atoms with E-state index in [0.717, 1.165) is 34.5 Å². The van der Waals surface area contributed by atoms with Crippen molar-refractivity contribution in [3.05, 3.63) is 10.4 Å². The Morgan fingerprint density at radius 2 is 2.15 bits per heavy atom. The fourth-order valence-corrected chi connectivity index (χ4v) is 6.23. The Morgan fingerprint density at radius 1 is 1.35 bits per heavy atom. The van der Waals surface area contributed by atoms with Gasteiger partial charge in [0.05, 0.1) is 37.4 Å². The summed E-state index contributed by atoms with van der Waals surface area (Å²) in [4.78, 5) is 28.0. The van der Waals surface area contributed by atoms with E-state index < -0.39 is 0 Å². The molecule has 0 saturated carbocycles. The third kappa shape index (κ3) is 3.73. The van der Waals surface area contributed by atoms with Gasteiger partial charge in [0.1, 0.15) is 16.4 Å². The number of fused-ring (bicyclic) bond motifs is 3. The van der Waals surface area contributed by atoms with E-state index in [1.54, 1.807) is 39.8 Å². The first-order valence-electron chi connectivity index (χ1n) is 8.81. The maximum atomic E-state index is 12.5. The first-order chi connectivity index (χ1) is 12.7. The van der Waals surface area contributed by atoms with Crippen molar-refractivity contribution in [2.45, 2.75) is 23.1 Å². The predicted octanol–water partition coefficient (Wildman–Crippen LogP) is 0.935. The van der Waals surface area contributed by atoms with E-state index in [2.05, 4.69) is 7.05 Å². The van der Waals surface area contributed by atoms with Gasteiger partial charge in [-0.1, -0.05) is 23.5 Å². The summed E-state index contributed by atoms with van der Waals surface area (Å²) in [6.07, 6.45) is 3.06. The molecule has 4 rings (SSSR count). The molecule has 1 N–H and O–H groups in total. The van der Waals surface area contributed by atoms with Crippen LogP contribution in [-0.4, -0.2) is 72.7 Å². The molecule has 1 saturated heterocycles. The van der Waals surface area contributed by atoms with Gasteiger partial charge in [-0.05, 0) is 11.8 Å². The van der Waals surface area contributed by atoms with Gasteiger partial charge in [-0.25, -0.2) is 9.97 Å². The number of aromatic nitrogens is 2. The Hall–Kier alpha value is -0.870. The van der Waals surface area contributed by atoms with Crippen LogP contribution in [0.4, 0.5) is 0 Å². The minimum atomic E-state index is 0.170. The Balaban J connectivity index is 1.61. The molecule has 0 aromatic carbocycles. The number of thiophene rings is 1. The molecule has 0 bridgehead atoms. The van der Waals surface area contributed by atoms with Gasteiger partial charge < -0.3 is 14.5 Å².